The fraction of sp³-hybridized carbons (Fsp3) is 0.357. The van der Waals surface area contributed by atoms with Gasteiger partial charge in [0.2, 0.25) is 0 Å². The average molecular weight is 307 g/mol. The predicted molar refractivity (Wildman–Crippen MR) is 81.0 cm³/mol. The number of thioether (sulfide) groups is 1. The zero-order valence-corrected chi connectivity index (χ0v) is 12.4. The molecule has 0 fully saturated rings. The SMILES string of the molecule is CSCCC(NC(=O)NCc1cccc(C#N)c1)C(=O)O. The van der Waals surface area contributed by atoms with Crippen LogP contribution in [0.1, 0.15) is 17.5 Å². The van der Waals surface area contributed by atoms with E-state index < -0.39 is 18.0 Å². The Morgan fingerprint density at radius 1 is 1.48 bits per heavy atom. The molecule has 1 aromatic rings. The van der Waals surface area contributed by atoms with E-state index in [0.29, 0.717) is 17.7 Å². The van der Waals surface area contributed by atoms with E-state index >= 15 is 0 Å². The second kappa shape index (κ2) is 8.87. The third-order valence-corrected chi connectivity index (χ3v) is 3.37. The highest BCUT2D eigenvalue weighted by atomic mass is 32.2. The normalized spacial score (nSPS) is 11.2. The molecule has 1 rings (SSSR count). The summed E-state index contributed by atoms with van der Waals surface area (Å²) in [6, 6.07) is 7.43. The van der Waals surface area contributed by atoms with E-state index in [1.54, 1.807) is 24.3 Å². The lowest BCUT2D eigenvalue weighted by atomic mass is 10.1. The molecule has 1 aromatic carbocycles. The standard InChI is InChI=1S/C14H17N3O3S/c1-21-6-5-12(13(18)19)17-14(20)16-9-11-4-2-3-10(7-11)8-15/h2-4,7,12H,5-6,9H2,1H3,(H,18,19)(H2,16,17,20). The van der Waals surface area contributed by atoms with Gasteiger partial charge in [0, 0.05) is 6.54 Å². The van der Waals surface area contributed by atoms with Gasteiger partial charge in [0.25, 0.3) is 0 Å². The number of nitrogens with zero attached hydrogens (tertiary/aromatic N) is 1. The van der Waals surface area contributed by atoms with Gasteiger partial charge in [-0.05, 0) is 36.1 Å². The van der Waals surface area contributed by atoms with Crippen LogP contribution in [0.4, 0.5) is 4.79 Å². The Morgan fingerprint density at radius 2 is 2.24 bits per heavy atom. The third kappa shape index (κ3) is 6.19. The van der Waals surface area contributed by atoms with Crippen molar-refractivity contribution in [2.75, 3.05) is 12.0 Å². The number of hydrogen-bond acceptors (Lipinski definition) is 4. The van der Waals surface area contributed by atoms with Crippen LogP contribution in [0.3, 0.4) is 0 Å². The molecule has 0 heterocycles. The molecule has 0 radical (unpaired) electrons. The maximum absolute atomic E-state index is 11.7. The number of carboxylic acid groups (broad SMARTS) is 1. The fourth-order valence-electron chi connectivity index (χ4n) is 1.64. The van der Waals surface area contributed by atoms with Crippen molar-refractivity contribution in [3.63, 3.8) is 0 Å². The number of benzene rings is 1. The van der Waals surface area contributed by atoms with Crippen LogP contribution < -0.4 is 10.6 Å². The number of amides is 2. The van der Waals surface area contributed by atoms with E-state index in [9.17, 15) is 9.59 Å². The molecule has 0 spiro atoms. The van der Waals surface area contributed by atoms with Gasteiger partial charge < -0.3 is 15.7 Å². The molecule has 1 unspecified atom stereocenters. The van der Waals surface area contributed by atoms with Crippen LogP contribution in [0.5, 0.6) is 0 Å². The second-order valence-electron chi connectivity index (χ2n) is 4.31. The average Bonchev–Trinajstić information content (AvgIpc) is 2.49. The van der Waals surface area contributed by atoms with E-state index in [2.05, 4.69) is 10.6 Å². The van der Waals surface area contributed by atoms with E-state index in [1.807, 2.05) is 12.3 Å². The molecule has 0 aliphatic rings. The Morgan fingerprint density at radius 3 is 2.86 bits per heavy atom. The molecular formula is C14H17N3O3S. The minimum Gasteiger partial charge on any atom is -0.480 e. The second-order valence-corrected chi connectivity index (χ2v) is 5.30. The van der Waals surface area contributed by atoms with Crippen molar-refractivity contribution in [1.29, 1.82) is 5.26 Å². The van der Waals surface area contributed by atoms with Gasteiger partial charge in [-0.2, -0.15) is 17.0 Å². The molecule has 3 N–H and O–H groups in total. The number of aliphatic carboxylic acids is 1. The van der Waals surface area contributed by atoms with Gasteiger partial charge in [-0.15, -0.1) is 0 Å². The van der Waals surface area contributed by atoms with Gasteiger partial charge in [0.1, 0.15) is 6.04 Å². The lowest BCUT2D eigenvalue weighted by Gasteiger charge is -2.14. The van der Waals surface area contributed by atoms with Gasteiger partial charge >= 0.3 is 12.0 Å². The molecule has 1 atom stereocenters. The van der Waals surface area contributed by atoms with Crippen LogP contribution >= 0.6 is 11.8 Å². The van der Waals surface area contributed by atoms with E-state index in [-0.39, 0.29) is 6.54 Å². The maximum Gasteiger partial charge on any atom is 0.326 e. The molecule has 0 aromatic heterocycles. The molecule has 112 valence electrons. The highest BCUT2D eigenvalue weighted by Gasteiger charge is 2.18. The molecule has 0 bridgehead atoms. The van der Waals surface area contributed by atoms with Crippen molar-refractivity contribution in [1.82, 2.24) is 10.6 Å². The van der Waals surface area contributed by atoms with Gasteiger partial charge in [-0.3, -0.25) is 0 Å². The summed E-state index contributed by atoms with van der Waals surface area (Å²) in [5.41, 5.74) is 1.29. The number of nitrogens with one attached hydrogen (secondary N) is 2. The van der Waals surface area contributed by atoms with Crippen molar-refractivity contribution in [2.24, 2.45) is 0 Å². The number of urea groups is 1. The maximum atomic E-state index is 11.7. The predicted octanol–water partition coefficient (Wildman–Crippen LogP) is 1.56. The van der Waals surface area contributed by atoms with Gasteiger partial charge in [0.05, 0.1) is 11.6 Å². The molecule has 0 aliphatic heterocycles. The molecule has 21 heavy (non-hydrogen) atoms. The Kier molecular flexibility index (Phi) is 7.12. The molecule has 6 nitrogen and oxygen atoms in total. The first-order chi connectivity index (χ1) is 10.1. The number of carbonyl (C=O) groups excluding carboxylic acids is 1. The van der Waals surface area contributed by atoms with Crippen LogP contribution in [0.2, 0.25) is 0 Å². The summed E-state index contributed by atoms with van der Waals surface area (Å²) in [5, 5.41) is 22.8. The molecule has 0 saturated carbocycles. The Bertz CT molecular complexity index is 543. The summed E-state index contributed by atoms with van der Waals surface area (Å²) in [5.74, 6) is -0.396. The minimum atomic E-state index is -1.05. The van der Waals surface area contributed by atoms with Gasteiger partial charge in [0.15, 0.2) is 0 Å². The number of nitriles is 1. The number of hydrogen-bond donors (Lipinski definition) is 3. The first-order valence-electron chi connectivity index (χ1n) is 6.32. The number of carbonyl (C=O) groups is 2. The summed E-state index contributed by atoms with van der Waals surface area (Å²) in [7, 11) is 0. The van der Waals surface area contributed by atoms with Crippen LogP contribution in [-0.4, -0.2) is 35.2 Å². The first kappa shape index (κ1) is 16.9. The summed E-state index contributed by atoms with van der Waals surface area (Å²) in [4.78, 5) is 22.7. The van der Waals surface area contributed by atoms with Crippen LogP contribution in [0.15, 0.2) is 24.3 Å². The topological polar surface area (TPSA) is 102 Å². The van der Waals surface area contributed by atoms with Crippen LogP contribution in [0, 0.1) is 11.3 Å². The minimum absolute atomic E-state index is 0.232. The van der Waals surface area contributed by atoms with Gasteiger partial charge in [-0.25, -0.2) is 9.59 Å². The summed E-state index contributed by atoms with van der Waals surface area (Å²) >= 11 is 1.52. The molecule has 2 amide bonds. The zero-order valence-electron chi connectivity index (χ0n) is 11.6. The fourth-order valence-corrected chi connectivity index (χ4v) is 2.11. The molecular weight excluding hydrogens is 290 g/mol. The lowest BCUT2D eigenvalue weighted by Crippen LogP contribution is -2.46. The smallest absolute Gasteiger partial charge is 0.326 e. The monoisotopic (exact) mass is 307 g/mol. The van der Waals surface area contributed by atoms with Crippen molar-refractivity contribution >= 4 is 23.8 Å². The lowest BCUT2D eigenvalue weighted by molar-refractivity contribution is -0.139. The molecule has 0 saturated heterocycles. The molecule has 7 heteroatoms. The van der Waals surface area contributed by atoms with Crippen LogP contribution in [0.25, 0.3) is 0 Å². The van der Waals surface area contributed by atoms with E-state index in [0.717, 1.165) is 5.56 Å². The summed E-state index contributed by atoms with van der Waals surface area (Å²) in [6.07, 6.45) is 2.25. The summed E-state index contributed by atoms with van der Waals surface area (Å²) < 4.78 is 0. The van der Waals surface area contributed by atoms with Crippen molar-refractivity contribution in [3.05, 3.63) is 35.4 Å². The van der Waals surface area contributed by atoms with Gasteiger partial charge in [-0.1, -0.05) is 12.1 Å². The summed E-state index contributed by atoms with van der Waals surface area (Å²) in [6.45, 7) is 0.232. The largest absolute Gasteiger partial charge is 0.480 e. The Hall–Kier alpha value is -2.20. The van der Waals surface area contributed by atoms with Crippen molar-refractivity contribution in [3.8, 4) is 6.07 Å². The quantitative estimate of drug-likeness (QED) is 0.709. The Balaban J connectivity index is 2.48. The van der Waals surface area contributed by atoms with Crippen molar-refractivity contribution in [2.45, 2.75) is 19.0 Å². The number of rotatable bonds is 7. The van der Waals surface area contributed by atoms with Crippen molar-refractivity contribution < 1.29 is 14.7 Å². The highest BCUT2D eigenvalue weighted by molar-refractivity contribution is 7.98. The van der Waals surface area contributed by atoms with E-state index in [4.69, 9.17) is 10.4 Å². The first-order valence-corrected chi connectivity index (χ1v) is 7.71. The highest BCUT2D eigenvalue weighted by Crippen LogP contribution is 2.04. The third-order valence-electron chi connectivity index (χ3n) is 2.72. The zero-order chi connectivity index (χ0) is 15.7. The number of carboxylic acids is 1. The van der Waals surface area contributed by atoms with E-state index in [1.165, 1.54) is 11.8 Å². The van der Waals surface area contributed by atoms with Crippen LogP contribution in [-0.2, 0) is 11.3 Å². The Labute approximate surface area is 127 Å². The molecule has 0 aliphatic carbocycles.